The molecule has 0 bridgehead atoms. The van der Waals surface area contributed by atoms with Crippen LogP contribution in [0.1, 0.15) is 39.2 Å². The van der Waals surface area contributed by atoms with E-state index < -0.39 is 28.5 Å². The molecular formula is C30H36ClN3O5S. The van der Waals surface area contributed by atoms with E-state index in [-0.39, 0.29) is 17.3 Å². The molecule has 0 aliphatic rings. The highest BCUT2D eigenvalue weighted by Crippen LogP contribution is 2.26. The van der Waals surface area contributed by atoms with Gasteiger partial charge in [0, 0.05) is 18.1 Å². The molecule has 3 aromatic carbocycles. The van der Waals surface area contributed by atoms with Crippen LogP contribution in [0.3, 0.4) is 0 Å². The molecule has 0 radical (unpaired) electrons. The molecule has 0 aliphatic carbocycles. The SMILES string of the molecule is CCCCNC(=O)C(C)N(Cc1ccccc1Cl)C(=O)CN(c1ccccc1)S(=O)(=O)c1ccc(OCC)cc1. The van der Waals surface area contributed by atoms with Crippen LogP contribution in [-0.4, -0.2) is 50.9 Å². The number of carbonyl (C=O) groups is 2. The summed E-state index contributed by atoms with van der Waals surface area (Å²) in [4.78, 5) is 28.3. The van der Waals surface area contributed by atoms with Crippen molar-refractivity contribution in [3.8, 4) is 5.75 Å². The molecule has 40 heavy (non-hydrogen) atoms. The van der Waals surface area contributed by atoms with Crippen LogP contribution in [0.4, 0.5) is 5.69 Å². The minimum atomic E-state index is -4.16. The molecule has 3 aromatic rings. The first-order chi connectivity index (χ1) is 19.2. The summed E-state index contributed by atoms with van der Waals surface area (Å²) in [5.41, 5.74) is 0.967. The van der Waals surface area contributed by atoms with Crippen molar-refractivity contribution in [2.24, 2.45) is 0 Å². The second-order valence-electron chi connectivity index (χ2n) is 9.19. The van der Waals surface area contributed by atoms with Gasteiger partial charge in [-0.3, -0.25) is 13.9 Å². The zero-order valence-electron chi connectivity index (χ0n) is 23.0. The Kier molecular flexibility index (Phi) is 11.4. The van der Waals surface area contributed by atoms with Gasteiger partial charge in [0.05, 0.1) is 17.2 Å². The third-order valence-corrected chi connectivity index (χ3v) is 8.50. The predicted molar refractivity (Wildman–Crippen MR) is 158 cm³/mol. The number of hydrogen-bond donors (Lipinski definition) is 1. The number of ether oxygens (including phenoxy) is 1. The van der Waals surface area contributed by atoms with Crippen LogP contribution in [0.25, 0.3) is 0 Å². The standard InChI is InChI=1S/C30H36ClN3O5S/c1-4-6-20-32-30(36)23(3)33(21-24-12-10-11-15-28(24)31)29(35)22-34(25-13-8-7-9-14-25)40(37,38)27-18-16-26(17-19-27)39-5-2/h7-19,23H,4-6,20-22H2,1-3H3,(H,32,36). The number of nitrogens with one attached hydrogen (secondary N) is 1. The van der Waals surface area contributed by atoms with E-state index in [2.05, 4.69) is 5.32 Å². The van der Waals surface area contributed by atoms with Crippen LogP contribution in [-0.2, 0) is 26.2 Å². The summed E-state index contributed by atoms with van der Waals surface area (Å²) in [5, 5.41) is 3.31. The molecule has 1 N–H and O–H groups in total. The number of para-hydroxylation sites is 1. The van der Waals surface area contributed by atoms with Crippen LogP contribution < -0.4 is 14.4 Å². The molecule has 1 atom stereocenters. The molecule has 0 saturated carbocycles. The van der Waals surface area contributed by atoms with Crippen molar-refractivity contribution in [2.45, 2.75) is 51.1 Å². The molecule has 0 fully saturated rings. The summed E-state index contributed by atoms with van der Waals surface area (Å²) in [5.74, 6) is -0.330. The highest BCUT2D eigenvalue weighted by atomic mass is 35.5. The summed E-state index contributed by atoms with van der Waals surface area (Å²) >= 11 is 6.39. The maximum Gasteiger partial charge on any atom is 0.264 e. The van der Waals surface area contributed by atoms with E-state index in [1.165, 1.54) is 17.0 Å². The lowest BCUT2D eigenvalue weighted by atomic mass is 10.1. The zero-order valence-corrected chi connectivity index (χ0v) is 24.6. The third-order valence-electron chi connectivity index (χ3n) is 6.34. The number of carbonyl (C=O) groups excluding carboxylic acids is 2. The van der Waals surface area contributed by atoms with Crippen LogP contribution in [0.5, 0.6) is 5.75 Å². The molecule has 0 heterocycles. The largest absolute Gasteiger partial charge is 0.494 e. The van der Waals surface area contributed by atoms with Crippen molar-refractivity contribution in [1.29, 1.82) is 0 Å². The maximum atomic E-state index is 13.9. The number of benzene rings is 3. The number of rotatable bonds is 14. The smallest absolute Gasteiger partial charge is 0.264 e. The Morgan fingerprint density at radius 1 is 0.950 bits per heavy atom. The Labute approximate surface area is 241 Å². The van der Waals surface area contributed by atoms with Crippen LogP contribution in [0.2, 0.25) is 5.02 Å². The number of hydrogen-bond acceptors (Lipinski definition) is 5. The number of amides is 2. The Morgan fingerprint density at radius 2 is 1.60 bits per heavy atom. The molecule has 1 unspecified atom stereocenters. The molecule has 8 nitrogen and oxygen atoms in total. The van der Waals surface area contributed by atoms with Gasteiger partial charge in [-0.2, -0.15) is 0 Å². The van der Waals surface area contributed by atoms with Crippen molar-refractivity contribution in [3.63, 3.8) is 0 Å². The molecule has 0 aliphatic heterocycles. The third kappa shape index (κ3) is 7.99. The first kappa shape index (κ1) is 31.0. The van der Waals surface area contributed by atoms with Gasteiger partial charge < -0.3 is 15.0 Å². The normalized spacial score (nSPS) is 11.9. The van der Waals surface area contributed by atoms with Gasteiger partial charge >= 0.3 is 0 Å². The average Bonchev–Trinajstić information content (AvgIpc) is 2.96. The number of anilines is 1. The fraction of sp³-hybridized carbons (Fsp3) is 0.333. The average molecular weight is 586 g/mol. The van der Waals surface area contributed by atoms with Crippen LogP contribution in [0, 0.1) is 0 Å². The van der Waals surface area contributed by atoms with Gasteiger partial charge in [0.1, 0.15) is 18.3 Å². The lowest BCUT2D eigenvalue weighted by Crippen LogP contribution is -2.51. The molecule has 0 saturated heterocycles. The van der Waals surface area contributed by atoms with Gasteiger partial charge in [0.15, 0.2) is 0 Å². The quantitative estimate of drug-likeness (QED) is 0.260. The summed E-state index contributed by atoms with van der Waals surface area (Å²) in [6, 6.07) is 20.6. The van der Waals surface area contributed by atoms with E-state index in [9.17, 15) is 18.0 Å². The highest BCUT2D eigenvalue weighted by Gasteiger charge is 2.32. The minimum absolute atomic E-state index is 0.00983. The lowest BCUT2D eigenvalue weighted by molar-refractivity contribution is -0.139. The van der Waals surface area contributed by atoms with Crippen LogP contribution >= 0.6 is 11.6 Å². The number of nitrogens with zero attached hydrogens (tertiary/aromatic N) is 2. The molecule has 10 heteroatoms. The van der Waals surface area contributed by atoms with E-state index in [1.54, 1.807) is 73.7 Å². The zero-order chi connectivity index (χ0) is 29.1. The van der Waals surface area contributed by atoms with Gasteiger partial charge in [0.2, 0.25) is 11.8 Å². The van der Waals surface area contributed by atoms with E-state index in [4.69, 9.17) is 16.3 Å². The monoisotopic (exact) mass is 585 g/mol. The van der Waals surface area contributed by atoms with E-state index >= 15 is 0 Å². The Hall–Kier alpha value is -3.56. The number of sulfonamides is 1. The molecule has 3 rings (SSSR count). The Morgan fingerprint density at radius 3 is 2.23 bits per heavy atom. The molecule has 2 amide bonds. The van der Waals surface area contributed by atoms with Gasteiger partial charge in [0.25, 0.3) is 10.0 Å². The van der Waals surface area contributed by atoms with Crippen molar-refractivity contribution in [1.82, 2.24) is 10.2 Å². The first-order valence-corrected chi connectivity index (χ1v) is 15.1. The lowest BCUT2D eigenvalue weighted by Gasteiger charge is -2.32. The van der Waals surface area contributed by atoms with Gasteiger partial charge in [-0.1, -0.05) is 61.3 Å². The first-order valence-electron chi connectivity index (χ1n) is 13.3. The predicted octanol–water partition coefficient (Wildman–Crippen LogP) is 5.27. The molecule has 0 aromatic heterocycles. The minimum Gasteiger partial charge on any atom is -0.494 e. The second kappa shape index (κ2) is 14.7. The van der Waals surface area contributed by atoms with Crippen molar-refractivity contribution >= 4 is 39.1 Å². The maximum absolute atomic E-state index is 13.9. The van der Waals surface area contributed by atoms with Gasteiger partial charge in [-0.05, 0) is 68.3 Å². The van der Waals surface area contributed by atoms with E-state index in [0.29, 0.717) is 35.2 Å². The van der Waals surface area contributed by atoms with Crippen LogP contribution in [0.15, 0.2) is 83.8 Å². The van der Waals surface area contributed by atoms with Gasteiger partial charge in [-0.15, -0.1) is 0 Å². The number of halogens is 1. The summed E-state index contributed by atoms with van der Waals surface area (Å²) in [6.07, 6.45) is 1.71. The van der Waals surface area contributed by atoms with E-state index in [1.807, 2.05) is 13.8 Å². The van der Waals surface area contributed by atoms with Crippen molar-refractivity contribution in [2.75, 3.05) is 24.0 Å². The molecular weight excluding hydrogens is 550 g/mol. The topological polar surface area (TPSA) is 96.0 Å². The summed E-state index contributed by atoms with van der Waals surface area (Å²) in [7, 11) is -4.16. The highest BCUT2D eigenvalue weighted by molar-refractivity contribution is 7.92. The molecule has 0 spiro atoms. The van der Waals surface area contributed by atoms with Crippen molar-refractivity contribution in [3.05, 3.63) is 89.4 Å². The van der Waals surface area contributed by atoms with E-state index in [0.717, 1.165) is 17.1 Å². The van der Waals surface area contributed by atoms with Crippen molar-refractivity contribution < 1.29 is 22.7 Å². The Balaban J connectivity index is 1.97. The summed E-state index contributed by atoms with van der Waals surface area (Å²) in [6.45, 7) is 5.93. The summed E-state index contributed by atoms with van der Waals surface area (Å²) < 4.78 is 34.2. The fourth-order valence-electron chi connectivity index (χ4n) is 4.05. The fourth-order valence-corrected chi connectivity index (χ4v) is 5.66. The second-order valence-corrected chi connectivity index (χ2v) is 11.5. The number of unbranched alkanes of at least 4 members (excludes halogenated alkanes) is 1. The van der Waals surface area contributed by atoms with Gasteiger partial charge in [-0.25, -0.2) is 8.42 Å². The molecule has 214 valence electrons. The Bertz CT molecular complexity index is 1370.